The summed E-state index contributed by atoms with van der Waals surface area (Å²) < 4.78 is 29.0. The van der Waals surface area contributed by atoms with Crippen LogP contribution in [0.3, 0.4) is 0 Å². The number of nitrogens with one attached hydrogen (secondary N) is 1. The van der Waals surface area contributed by atoms with Crippen LogP contribution in [-0.4, -0.2) is 43.8 Å². The van der Waals surface area contributed by atoms with E-state index in [0.717, 1.165) is 6.07 Å². The number of halogens is 1. The molecule has 0 aromatic heterocycles. The molecular formula is C18H23ClN4O5S. The van der Waals surface area contributed by atoms with Crippen molar-refractivity contribution in [3.63, 3.8) is 0 Å². The molecule has 158 valence electrons. The third kappa shape index (κ3) is 4.94. The van der Waals surface area contributed by atoms with Crippen LogP contribution in [0, 0.1) is 0 Å². The van der Waals surface area contributed by atoms with E-state index in [9.17, 15) is 18.0 Å². The molecule has 1 aromatic carbocycles. The van der Waals surface area contributed by atoms with Crippen molar-refractivity contribution >= 4 is 43.0 Å². The minimum absolute atomic E-state index is 0.0482. The lowest BCUT2D eigenvalue weighted by molar-refractivity contribution is -0.112. The van der Waals surface area contributed by atoms with Crippen molar-refractivity contribution in [1.29, 1.82) is 0 Å². The highest BCUT2D eigenvalue weighted by Gasteiger charge is 2.44. The predicted octanol–water partition coefficient (Wildman–Crippen LogP) is 1.99. The minimum atomic E-state index is -4.07. The molecule has 2 amide bonds. The summed E-state index contributed by atoms with van der Waals surface area (Å²) in [6.45, 7) is 5.70. The molecule has 3 N–H and O–H groups in total. The molecule has 0 radical (unpaired) electrons. The van der Waals surface area contributed by atoms with Gasteiger partial charge in [-0.15, -0.1) is 5.10 Å². The largest absolute Gasteiger partial charge is 0.493 e. The Hall–Kier alpha value is -2.46. The van der Waals surface area contributed by atoms with Gasteiger partial charge in [0.25, 0.3) is 20.9 Å². The lowest BCUT2D eigenvalue weighted by Gasteiger charge is -2.28. The number of benzene rings is 1. The van der Waals surface area contributed by atoms with Crippen molar-refractivity contribution in [2.24, 2.45) is 15.9 Å². The molecule has 0 saturated heterocycles. The Morgan fingerprint density at radius 1 is 1.24 bits per heavy atom. The molecular weight excluding hydrogens is 420 g/mol. The first kappa shape index (κ1) is 22.8. The summed E-state index contributed by atoms with van der Waals surface area (Å²) in [6.07, 6.45) is 1.86. The van der Waals surface area contributed by atoms with Gasteiger partial charge in [-0.2, -0.15) is 5.10 Å². The van der Waals surface area contributed by atoms with E-state index in [4.69, 9.17) is 21.2 Å². The number of hydrogen-bond acceptors (Lipinski definition) is 7. The van der Waals surface area contributed by atoms with Crippen LogP contribution in [0.1, 0.15) is 50.4 Å². The predicted molar refractivity (Wildman–Crippen MR) is 110 cm³/mol. The molecule has 2 rings (SSSR count). The number of primary amides is 1. The number of carbonyl (C=O) groups is 2. The number of nitrogens with two attached hydrogens (primary N) is 1. The summed E-state index contributed by atoms with van der Waals surface area (Å²) in [5.41, 5.74) is 4.40. The van der Waals surface area contributed by atoms with Crippen LogP contribution < -0.4 is 15.8 Å². The number of ether oxygens (including phenoxy) is 1. The van der Waals surface area contributed by atoms with E-state index in [1.807, 2.05) is 13.8 Å². The zero-order chi connectivity index (χ0) is 21.8. The Balaban J connectivity index is 2.47. The second kappa shape index (κ2) is 8.91. The van der Waals surface area contributed by atoms with Crippen LogP contribution in [0.2, 0.25) is 0 Å². The van der Waals surface area contributed by atoms with Crippen molar-refractivity contribution in [2.75, 3.05) is 6.61 Å². The van der Waals surface area contributed by atoms with Crippen LogP contribution in [0.25, 0.3) is 0 Å². The zero-order valence-electron chi connectivity index (χ0n) is 16.4. The Kier molecular flexibility index (Phi) is 7.02. The SMILES string of the molecule is CCCOc1ccc(S(=O)(=O)Cl)cc1C(=O)NC1(C)C(CCC)=NN=C1C(N)=O. The van der Waals surface area contributed by atoms with Gasteiger partial charge in [0.15, 0.2) is 5.71 Å². The highest BCUT2D eigenvalue weighted by atomic mass is 35.7. The molecule has 1 aliphatic rings. The summed E-state index contributed by atoms with van der Waals surface area (Å²) in [5.74, 6) is -1.32. The smallest absolute Gasteiger partial charge is 0.267 e. The van der Waals surface area contributed by atoms with Crippen molar-refractivity contribution in [3.8, 4) is 5.75 Å². The number of amides is 2. The molecule has 11 heteroatoms. The summed E-state index contributed by atoms with van der Waals surface area (Å²) in [7, 11) is 1.35. The van der Waals surface area contributed by atoms with Gasteiger partial charge in [-0.3, -0.25) is 9.59 Å². The number of carbonyl (C=O) groups excluding carboxylic acids is 2. The van der Waals surface area contributed by atoms with Crippen LogP contribution in [0.15, 0.2) is 33.3 Å². The van der Waals surface area contributed by atoms with Crippen molar-refractivity contribution < 1.29 is 22.7 Å². The standard InChI is InChI=1S/C18H23ClN4O5S/c1-4-6-14-18(3,15(16(20)24)23-22-14)21-17(25)12-10-11(29(19,26)27)7-8-13(12)28-9-5-2/h7-8,10H,4-6,9H2,1-3H3,(H2,20,24)(H,21,25). The number of hydrogen-bond donors (Lipinski definition) is 2. The molecule has 1 aromatic rings. The van der Waals surface area contributed by atoms with E-state index >= 15 is 0 Å². The molecule has 9 nitrogen and oxygen atoms in total. The molecule has 0 bridgehead atoms. The molecule has 0 fully saturated rings. The quantitative estimate of drug-likeness (QED) is 0.562. The van der Waals surface area contributed by atoms with E-state index in [1.165, 1.54) is 12.1 Å². The number of nitrogens with zero attached hydrogens (tertiary/aromatic N) is 2. The molecule has 29 heavy (non-hydrogen) atoms. The first-order valence-corrected chi connectivity index (χ1v) is 11.3. The Morgan fingerprint density at radius 3 is 2.48 bits per heavy atom. The van der Waals surface area contributed by atoms with Gasteiger partial charge in [0, 0.05) is 10.7 Å². The van der Waals surface area contributed by atoms with Gasteiger partial charge in [0.2, 0.25) is 0 Å². The maximum atomic E-state index is 13.1. The monoisotopic (exact) mass is 442 g/mol. The fourth-order valence-corrected chi connectivity index (χ4v) is 3.66. The van der Waals surface area contributed by atoms with Gasteiger partial charge >= 0.3 is 0 Å². The molecule has 0 saturated carbocycles. The van der Waals surface area contributed by atoms with Gasteiger partial charge in [0.1, 0.15) is 11.3 Å². The van der Waals surface area contributed by atoms with E-state index in [1.54, 1.807) is 6.92 Å². The third-order valence-electron chi connectivity index (χ3n) is 4.34. The minimum Gasteiger partial charge on any atom is -0.493 e. The second-order valence-corrected chi connectivity index (χ2v) is 9.20. The van der Waals surface area contributed by atoms with Crippen LogP contribution in [-0.2, 0) is 13.8 Å². The normalized spacial score (nSPS) is 18.8. The first-order valence-electron chi connectivity index (χ1n) is 9.03. The summed E-state index contributed by atoms with van der Waals surface area (Å²) in [5, 5.41) is 10.5. The van der Waals surface area contributed by atoms with Gasteiger partial charge in [0.05, 0.1) is 22.8 Å². The van der Waals surface area contributed by atoms with Crippen LogP contribution in [0.5, 0.6) is 5.75 Å². The van der Waals surface area contributed by atoms with E-state index in [0.29, 0.717) is 31.6 Å². The summed E-state index contributed by atoms with van der Waals surface area (Å²) in [4.78, 5) is 24.7. The molecule has 1 atom stereocenters. The highest BCUT2D eigenvalue weighted by molar-refractivity contribution is 8.13. The highest BCUT2D eigenvalue weighted by Crippen LogP contribution is 2.27. The molecule has 0 spiro atoms. The van der Waals surface area contributed by atoms with Crippen molar-refractivity contribution in [3.05, 3.63) is 23.8 Å². The zero-order valence-corrected chi connectivity index (χ0v) is 17.9. The molecule has 0 aliphatic carbocycles. The molecule has 1 unspecified atom stereocenters. The Bertz CT molecular complexity index is 990. The Morgan fingerprint density at radius 2 is 1.93 bits per heavy atom. The van der Waals surface area contributed by atoms with E-state index in [2.05, 4.69) is 15.5 Å². The third-order valence-corrected chi connectivity index (χ3v) is 5.70. The lowest BCUT2D eigenvalue weighted by Crippen LogP contribution is -2.59. The maximum Gasteiger partial charge on any atom is 0.267 e. The van der Waals surface area contributed by atoms with Crippen molar-refractivity contribution in [2.45, 2.75) is 50.5 Å². The van der Waals surface area contributed by atoms with Crippen LogP contribution in [0.4, 0.5) is 0 Å². The summed E-state index contributed by atoms with van der Waals surface area (Å²) >= 11 is 0. The maximum absolute atomic E-state index is 13.1. The Labute approximate surface area is 173 Å². The van der Waals surface area contributed by atoms with Crippen molar-refractivity contribution in [1.82, 2.24) is 5.32 Å². The lowest BCUT2D eigenvalue weighted by atomic mass is 9.87. The van der Waals surface area contributed by atoms with Gasteiger partial charge in [-0.05, 0) is 38.0 Å². The molecule has 1 aliphatic heterocycles. The fraction of sp³-hybridized carbons (Fsp3) is 0.444. The van der Waals surface area contributed by atoms with Gasteiger partial charge in [-0.1, -0.05) is 20.3 Å². The average Bonchev–Trinajstić information content (AvgIpc) is 2.95. The van der Waals surface area contributed by atoms with E-state index < -0.39 is 26.4 Å². The topological polar surface area (TPSA) is 140 Å². The van der Waals surface area contributed by atoms with Gasteiger partial charge in [-0.25, -0.2) is 8.42 Å². The van der Waals surface area contributed by atoms with Crippen LogP contribution >= 0.6 is 10.7 Å². The van der Waals surface area contributed by atoms with Gasteiger partial charge < -0.3 is 15.8 Å². The second-order valence-electron chi connectivity index (χ2n) is 6.63. The number of rotatable bonds is 9. The first-order chi connectivity index (χ1) is 13.5. The average molecular weight is 443 g/mol. The molecule has 1 heterocycles. The fourth-order valence-electron chi connectivity index (χ4n) is 2.88. The van der Waals surface area contributed by atoms with E-state index in [-0.39, 0.29) is 21.9 Å². The summed E-state index contributed by atoms with van der Waals surface area (Å²) in [6, 6.07) is 3.74.